The van der Waals surface area contributed by atoms with E-state index in [4.69, 9.17) is 9.47 Å². The first kappa shape index (κ1) is 14.1. The van der Waals surface area contributed by atoms with Crippen LogP contribution in [0, 0.1) is 0 Å². The van der Waals surface area contributed by atoms with Crippen molar-refractivity contribution in [3.05, 3.63) is 18.3 Å². The lowest BCUT2D eigenvalue weighted by Gasteiger charge is -2.27. The van der Waals surface area contributed by atoms with E-state index in [0.717, 1.165) is 31.9 Å². The molecule has 19 heavy (non-hydrogen) atoms. The number of hydrogen-bond acceptors (Lipinski definition) is 5. The van der Waals surface area contributed by atoms with E-state index in [0.29, 0.717) is 11.9 Å². The molecule has 0 aliphatic carbocycles. The molecular formula is C14H23N3O2. The lowest BCUT2D eigenvalue weighted by Crippen LogP contribution is -2.39. The topological polar surface area (TPSA) is 46.6 Å². The Morgan fingerprint density at radius 1 is 1.47 bits per heavy atom. The third kappa shape index (κ3) is 4.08. The zero-order chi connectivity index (χ0) is 13.5. The molecule has 2 heterocycles. The maximum Gasteiger partial charge on any atom is 0.214 e. The summed E-state index contributed by atoms with van der Waals surface area (Å²) in [5.41, 5.74) is 1.14. The molecule has 0 bridgehead atoms. The normalized spacial score (nSPS) is 18.5. The lowest BCUT2D eigenvalue weighted by atomic mass is 10.2. The average molecular weight is 265 g/mol. The fourth-order valence-electron chi connectivity index (χ4n) is 2.41. The molecule has 1 atom stereocenters. The number of anilines is 1. The van der Waals surface area contributed by atoms with Gasteiger partial charge in [-0.25, -0.2) is 4.98 Å². The van der Waals surface area contributed by atoms with Crippen molar-refractivity contribution in [3.8, 4) is 5.88 Å². The minimum Gasteiger partial charge on any atom is -0.481 e. The minimum absolute atomic E-state index is 0.566. The number of ether oxygens (including phenoxy) is 2. The number of methoxy groups -OCH3 is 2. The number of hydrogen-bond donors (Lipinski definition) is 1. The van der Waals surface area contributed by atoms with E-state index in [9.17, 15) is 0 Å². The summed E-state index contributed by atoms with van der Waals surface area (Å²) in [6.07, 6.45) is 4.30. The van der Waals surface area contributed by atoms with Crippen LogP contribution in [0.2, 0.25) is 0 Å². The second kappa shape index (κ2) is 7.31. The molecule has 1 aromatic heterocycles. The van der Waals surface area contributed by atoms with Crippen LogP contribution >= 0.6 is 0 Å². The quantitative estimate of drug-likeness (QED) is 0.805. The van der Waals surface area contributed by atoms with Gasteiger partial charge in [0.05, 0.1) is 13.7 Å². The Morgan fingerprint density at radius 3 is 3.05 bits per heavy atom. The summed E-state index contributed by atoms with van der Waals surface area (Å²) >= 11 is 0. The monoisotopic (exact) mass is 265 g/mol. The van der Waals surface area contributed by atoms with Crippen LogP contribution in [0.4, 0.5) is 5.69 Å². The molecule has 0 radical (unpaired) electrons. The van der Waals surface area contributed by atoms with Crippen LogP contribution in [0.1, 0.15) is 12.8 Å². The molecular weight excluding hydrogens is 242 g/mol. The molecule has 1 N–H and O–H groups in total. The maximum absolute atomic E-state index is 5.21. The van der Waals surface area contributed by atoms with Gasteiger partial charge in [0.2, 0.25) is 5.88 Å². The molecule has 5 nitrogen and oxygen atoms in total. The third-order valence-electron chi connectivity index (χ3n) is 3.46. The van der Waals surface area contributed by atoms with E-state index in [1.807, 2.05) is 12.1 Å². The Kier molecular flexibility index (Phi) is 5.42. The van der Waals surface area contributed by atoms with E-state index in [2.05, 4.69) is 15.2 Å². The molecule has 0 aromatic carbocycles. The number of pyridine rings is 1. The summed E-state index contributed by atoms with van der Waals surface area (Å²) in [6, 6.07) is 4.56. The summed E-state index contributed by atoms with van der Waals surface area (Å²) < 4.78 is 10.4. The molecule has 5 heteroatoms. The van der Waals surface area contributed by atoms with Crippen molar-refractivity contribution < 1.29 is 9.47 Å². The van der Waals surface area contributed by atoms with Gasteiger partial charge in [0.25, 0.3) is 0 Å². The molecule has 1 aromatic rings. The van der Waals surface area contributed by atoms with E-state index in [1.54, 1.807) is 20.4 Å². The number of aromatic nitrogens is 1. The van der Waals surface area contributed by atoms with Crippen molar-refractivity contribution >= 4 is 5.69 Å². The highest BCUT2D eigenvalue weighted by atomic mass is 16.5. The zero-order valence-electron chi connectivity index (χ0n) is 11.8. The minimum atomic E-state index is 0.566. The lowest BCUT2D eigenvalue weighted by molar-refractivity contribution is 0.204. The van der Waals surface area contributed by atoms with Crippen molar-refractivity contribution in [3.63, 3.8) is 0 Å². The molecule has 0 spiro atoms. The van der Waals surface area contributed by atoms with Gasteiger partial charge in [-0.05, 0) is 25.5 Å². The van der Waals surface area contributed by atoms with Crippen molar-refractivity contribution in [1.29, 1.82) is 0 Å². The van der Waals surface area contributed by atoms with Gasteiger partial charge < -0.3 is 19.7 Å². The summed E-state index contributed by atoms with van der Waals surface area (Å²) in [4.78, 5) is 6.49. The molecule has 2 rings (SSSR count). The fraction of sp³-hybridized carbons (Fsp3) is 0.643. The predicted octanol–water partition coefficient (Wildman–Crippen LogP) is 1.29. The number of nitrogens with zero attached hydrogens (tertiary/aromatic N) is 2. The average Bonchev–Trinajstić information content (AvgIpc) is 2.96. The Hall–Kier alpha value is -1.33. The maximum atomic E-state index is 5.21. The molecule has 106 valence electrons. The Morgan fingerprint density at radius 2 is 2.37 bits per heavy atom. The van der Waals surface area contributed by atoms with Crippen molar-refractivity contribution in [1.82, 2.24) is 10.3 Å². The highest BCUT2D eigenvalue weighted by Gasteiger charge is 2.18. The largest absolute Gasteiger partial charge is 0.481 e. The second-order valence-corrected chi connectivity index (χ2v) is 4.79. The van der Waals surface area contributed by atoms with Crippen molar-refractivity contribution in [2.75, 3.05) is 45.4 Å². The van der Waals surface area contributed by atoms with Crippen LogP contribution < -0.4 is 15.0 Å². The van der Waals surface area contributed by atoms with Gasteiger partial charge in [0, 0.05) is 44.2 Å². The highest BCUT2D eigenvalue weighted by Crippen LogP contribution is 2.20. The molecule has 1 fully saturated rings. The molecule has 0 amide bonds. The molecule has 1 unspecified atom stereocenters. The number of nitrogens with one attached hydrogen (secondary N) is 1. The fourth-order valence-corrected chi connectivity index (χ4v) is 2.41. The van der Waals surface area contributed by atoms with Crippen molar-refractivity contribution in [2.24, 2.45) is 0 Å². The molecule has 0 saturated carbocycles. The summed E-state index contributed by atoms with van der Waals surface area (Å²) in [6.45, 7) is 3.72. The Bertz CT molecular complexity index is 381. The van der Waals surface area contributed by atoms with E-state index >= 15 is 0 Å². The SMILES string of the molecule is COCCN(CC1CCCN1)c1ccnc(OC)c1. The van der Waals surface area contributed by atoms with Crippen molar-refractivity contribution in [2.45, 2.75) is 18.9 Å². The van der Waals surface area contributed by atoms with Gasteiger partial charge in [-0.2, -0.15) is 0 Å². The van der Waals surface area contributed by atoms with Crippen LogP contribution in [-0.2, 0) is 4.74 Å². The van der Waals surface area contributed by atoms with Gasteiger partial charge in [0.15, 0.2) is 0 Å². The number of rotatable bonds is 7. The van der Waals surface area contributed by atoms with E-state index < -0.39 is 0 Å². The van der Waals surface area contributed by atoms with Crippen LogP contribution in [0.5, 0.6) is 5.88 Å². The third-order valence-corrected chi connectivity index (χ3v) is 3.46. The first-order valence-electron chi connectivity index (χ1n) is 6.81. The molecule has 1 aliphatic heterocycles. The Balaban J connectivity index is 2.05. The zero-order valence-corrected chi connectivity index (χ0v) is 11.8. The summed E-state index contributed by atoms with van der Waals surface area (Å²) in [5.74, 6) is 0.652. The second-order valence-electron chi connectivity index (χ2n) is 4.79. The predicted molar refractivity (Wildman–Crippen MR) is 75.9 cm³/mol. The van der Waals surface area contributed by atoms with Crippen LogP contribution in [0.3, 0.4) is 0 Å². The smallest absolute Gasteiger partial charge is 0.214 e. The van der Waals surface area contributed by atoms with E-state index in [-0.39, 0.29) is 0 Å². The first-order chi connectivity index (χ1) is 9.33. The van der Waals surface area contributed by atoms with Crippen LogP contribution in [0.15, 0.2) is 18.3 Å². The molecule has 1 saturated heterocycles. The van der Waals surface area contributed by atoms with E-state index in [1.165, 1.54) is 12.8 Å². The summed E-state index contributed by atoms with van der Waals surface area (Å²) in [5, 5.41) is 3.53. The van der Waals surface area contributed by atoms with Gasteiger partial charge in [-0.1, -0.05) is 0 Å². The first-order valence-corrected chi connectivity index (χ1v) is 6.81. The highest BCUT2D eigenvalue weighted by molar-refractivity contribution is 5.48. The van der Waals surface area contributed by atoms with Gasteiger partial charge in [0.1, 0.15) is 0 Å². The molecule has 1 aliphatic rings. The van der Waals surface area contributed by atoms with Gasteiger partial charge in [-0.3, -0.25) is 0 Å². The van der Waals surface area contributed by atoms with Gasteiger partial charge >= 0.3 is 0 Å². The summed E-state index contributed by atoms with van der Waals surface area (Å²) in [7, 11) is 3.38. The van der Waals surface area contributed by atoms with Gasteiger partial charge in [-0.15, -0.1) is 0 Å². The van der Waals surface area contributed by atoms with Crippen LogP contribution in [0.25, 0.3) is 0 Å². The Labute approximate surface area is 114 Å². The van der Waals surface area contributed by atoms with Crippen LogP contribution in [-0.4, -0.2) is 51.5 Å². The standard InChI is InChI=1S/C14H23N3O2/c1-18-9-8-17(11-12-4-3-6-15-12)13-5-7-16-14(10-13)19-2/h5,7,10,12,15H,3-4,6,8-9,11H2,1-2H3.